The molecule has 2 unspecified atom stereocenters. The van der Waals surface area contributed by atoms with Gasteiger partial charge in [-0.25, -0.2) is 0 Å². The molecule has 0 N–H and O–H groups in total. The van der Waals surface area contributed by atoms with Crippen LogP contribution in [0.15, 0.2) is 4.99 Å². The summed E-state index contributed by atoms with van der Waals surface area (Å²) in [7, 11) is 0. The highest BCUT2D eigenvalue weighted by molar-refractivity contribution is 8.14. The van der Waals surface area contributed by atoms with Crippen LogP contribution in [0.4, 0.5) is 0 Å². The summed E-state index contributed by atoms with van der Waals surface area (Å²) in [5.74, 6) is 3.81. The van der Waals surface area contributed by atoms with E-state index in [2.05, 4.69) is 31.5 Å². The lowest BCUT2D eigenvalue weighted by atomic mass is 9.91. The topological polar surface area (TPSA) is 12.4 Å². The van der Waals surface area contributed by atoms with Gasteiger partial charge < -0.3 is 0 Å². The van der Waals surface area contributed by atoms with Crippen LogP contribution in [0.2, 0.25) is 0 Å². The van der Waals surface area contributed by atoms with E-state index < -0.39 is 0 Å². The maximum atomic E-state index is 4.66. The van der Waals surface area contributed by atoms with Gasteiger partial charge in [-0.3, -0.25) is 4.99 Å². The van der Waals surface area contributed by atoms with Crippen molar-refractivity contribution in [3.05, 3.63) is 0 Å². The molecule has 2 atom stereocenters. The molecule has 0 bridgehead atoms. The summed E-state index contributed by atoms with van der Waals surface area (Å²) in [6, 6.07) is 0. The van der Waals surface area contributed by atoms with Crippen molar-refractivity contribution in [1.29, 1.82) is 0 Å². The van der Waals surface area contributed by atoms with Gasteiger partial charge in [-0.15, -0.1) is 11.8 Å². The third-order valence-electron chi connectivity index (χ3n) is 3.30. The second-order valence-electron chi connectivity index (χ2n) is 4.73. The average Bonchev–Trinajstić information content (AvgIpc) is 2.81. The van der Waals surface area contributed by atoms with Gasteiger partial charge in [0.2, 0.25) is 0 Å². The molecule has 0 radical (unpaired) electrons. The second kappa shape index (κ2) is 8.46. The van der Waals surface area contributed by atoms with Crippen LogP contribution in [0.3, 0.4) is 0 Å². The van der Waals surface area contributed by atoms with Gasteiger partial charge in [0.15, 0.2) is 0 Å². The van der Waals surface area contributed by atoms with Crippen LogP contribution in [0.25, 0.3) is 0 Å². The lowest BCUT2D eigenvalue weighted by Gasteiger charge is -2.20. The first kappa shape index (κ1) is 14.4. The van der Waals surface area contributed by atoms with E-state index in [0.717, 1.165) is 24.1 Å². The van der Waals surface area contributed by atoms with Crippen molar-refractivity contribution in [1.82, 2.24) is 0 Å². The Kier molecular flexibility index (Phi) is 7.63. The molecule has 16 heavy (non-hydrogen) atoms. The molecule has 0 fully saturated rings. The number of aliphatic imine (C=N–C) groups is 1. The second-order valence-corrected chi connectivity index (χ2v) is 6.30. The van der Waals surface area contributed by atoms with E-state index in [0.29, 0.717) is 0 Å². The molecule has 0 spiro atoms. The SMILES string of the molecule is CCC(C)CC(CCCCS)C1=NCCS1. The van der Waals surface area contributed by atoms with Gasteiger partial charge in [0.25, 0.3) is 0 Å². The monoisotopic (exact) mass is 259 g/mol. The van der Waals surface area contributed by atoms with E-state index in [4.69, 9.17) is 0 Å². The molecule has 1 nitrogen and oxygen atoms in total. The number of nitrogens with zero attached hydrogens (tertiary/aromatic N) is 1. The number of hydrogen-bond acceptors (Lipinski definition) is 3. The summed E-state index contributed by atoms with van der Waals surface area (Å²) in [6.07, 6.45) is 6.49. The zero-order chi connectivity index (χ0) is 11.8. The molecule has 3 heteroatoms. The Morgan fingerprint density at radius 3 is 2.81 bits per heavy atom. The van der Waals surface area contributed by atoms with Crippen LogP contribution in [-0.2, 0) is 0 Å². The number of rotatable bonds is 8. The van der Waals surface area contributed by atoms with Crippen LogP contribution in [-0.4, -0.2) is 23.1 Å². The fourth-order valence-electron chi connectivity index (χ4n) is 2.10. The minimum absolute atomic E-state index is 0.738. The molecule has 1 aliphatic heterocycles. The lowest BCUT2D eigenvalue weighted by Crippen LogP contribution is -2.14. The van der Waals surface area contributed by atoms with E-state index in [1.165, 1.54) is 42.9 Å². The molecule has 0 amide bonds. The molecule has 0 aliphatic carbocycles. The Labute approximate surface area is 110 Å². The first-order chi connectivity index (χ1) is 7.77. The van der Waals surface area contributed by atoms with Gasteiger partial charge in [0.05, 0.1) is 5.04 Å². The van der Waals surface area contributed by atoms with Gasteiger partial charge in [-0.1, -0.05) is 26.7 Å². The molecule has 0 aromatic carbocycles. The van der Waals surface area contributed by atoms with E-state index in [1.54, 1.807) is 0 Å². The van der Waals surface area contributed by atoms with Crippen molar-refractivity contribution in [2.75, 3.05) is 18.1 Å². The Hall–Kier alpha value is 0.370. The van der Waals surface area contributed by atoms with Crippen molar-refractivity contribution in [3.63, 3.8) is 0 Å². The van der Waals surface area contributed by atoms with E-state index in [1.807, 2.05) is 11.8 Å². The molecule has 94 valence electrons. The van der Waals surface area contributed by atoms with Crippen molar-refractivity contribution in [2.45, 2.75) is 46.0 Å². The summed E-state index contributed by atoms with van der Waals surface area (Å²) in [5.41, 5.74) is 0. The molecule has 1 rings (SSSR count). The van der Waals surface area contributed by atoms with Crippen LogP contribution < -0.4 is 0 Å². The predicted octanol–water partition coefficient (Wildman–Crippen LogP) is 4.28. The third-order valence-corrected chi connectivity index (χ3v) is 4.76. The first-order valence-electron chi connectivity index (χ1n) is 6.55. The molecule has 0 saturated heterocycles. The minimum Gasteiger partial charge on any atom is -0.282 e. The van der Waals surface area contributed by atoms with Gasteiger partial charge in [-0.05, 0) is 30.9 Å². The maximum Gasteiger partial charge on any atom is 0.0707 e. The van der Waals surface area contributed by atoms with Gasteiger partial charge in [0, 0.05) is 18.2 Å². The highest BCUT2D eigenvalue weighted by Gasteiger charge is 2.20. The number of hydrogen-bond donors (Lipinski definition) is 1. The Bertz CT molecular complexity index is 216. The maximum absolute atomic E-state index is 4.66. The highest BCUT2D eigenvalue weighted by atomic mass is 32.2. The zero-order valence-corrected chi connectivity index (χ0v) is 12.3. The summed E-state index contributed by atoms with van der Waals surface area (Å²) in [5, 5.41) is 1.44. The summed E-state index contributed by atoms with van der Waals surface area (Å²) < 4.78 is 0. The lowest BCUT2D eigenvalue weighted by molar-refractivity contribution is 0.429. The molecule has 0 aromatic rings. The summed E-state index contributed by atoms with van der Waals surface area (Å²) >= 11 is 6.28. The molecule has 1 heterocycles. The minimum atomic E-state index is 0.738. The van der Waals surface area contributed by atoms with E-state index in [9.17, 15) is 0 Å². The standard InChI is InChI=1S/C13H25NS2/c1-3-11(2)10-12(6-4-5-8-15)13-14-7-9-16-13/h11-12,15H,3-10H2,1-2H3. The zero-order valence-electron chi connectivity index (χ0n) is 10.6. The van der Waals surface area contributed by atoms with Crippen LogP contribution in [0, 0.1) is 11.8 Å². The highest BCUT2D eigenvalue weighted by Crippen LogP contribution is 2.29. The normalized spacial score (nSPS) is 19.6. The molecule has 0 aromatic heterocycles. The van der Waals surface area contributed by atoms with E-state index in [-0.39, 0.29) is 0 Å². The van der Waals surface area contributed by atoms with Crippen LogP contribution in [0.1, 0.15) is 46.0 Å². The number of thioether (sulfide) groups is 1. The van der Waals surface area contributed by atoms with Crippen molar-refractivity contribution in [3.8, 4) is 0 Å². The molecule has 0 saturated carbocycles. The molecular weight excluding hydrogens is 234 g/mol. The summed E-state index contributed by atoms with van der Waals surface area (Å²) in [4.78, 5) is 4.66. The van der Waals surface area contributed by atoms with Gasteiger partial charge >= 0.3 is 0 Å². The van der Waals surface area contributed by atoms with Crippen molar-refractivity contribution < 1.29 is 0 Å². The van der Waals surface area contributed by atoms with Gasteiger partial charge in [-0.2, -0.15) is 12.6 Å². The number of thiol groups is 1. The van der Waals surface area contributed by atoms with Crippen molar-refractivity contribution >= 4 is 29.4 Å². The average molecular weight is 259 g/mol. The predicted molar refractivity (Wildman–Crippen MR) is 80.0 cm³/mol. The third kappa shape index (κ3) is 5.13. The quantitative estimate of drug-likeness (QED) is 0.507. The Balaban J connectivity index is 2.40. The summed E-state index contributed by atoms with van der Waals surface area (Å²) in [6.45, 7) is 5.70. The van der Waals surface area contributed by atoms with Gasteiger partial charge in [0.1, 0.15) is 0 Å². The number of unbranched alkanes of at least 4 members (excludes halogenated alkanes) is 1. The van der Waals surface area contributed by atoms with Crippen molar-refractivity contribution in [2.24, 2.45) is 16.8 Å². The smallest absolute Gasteiger partial charge is 0.0707 e. The Morgan fingerprint density at radius 1 is 1.44 bits per heavy atom. The van der Waals surface area contributed by atoms with E-state index >= 15 is 0 Å². The van der Waals surface area contributed by atoms with Crippen LogP contribution in [0.5, 0.6) is 0 Å². The fraction of sp³-hybridized carbons (Fsp3) is 0.923. The molecule has 1 aliphatic rings. The fourth-order valence-corrected chi connectivity index (χ4v) is 3.34. The van der Waals surface area contributed by atoms with Crippen LogP contribution >= 0.6 is 24.4 Å². The molecular formula is C13H25NS2. The largest absolute Gasteiger partial charge is 0.282 e. The Morgan fingerprint density at radius 2 is 2.25 bits per heavy atom. The first-order valence-corrected chi connectivity index (χ1v) is 8.17.